The summed E-state index contributed by atoms with van der Waals surface area (Å²) in [6, 6.07) is 7.15. The zero-order chi connectivity index (χ0) is 19.1. The molecular formula is C20H22ClN3O2S. The molecule has 142 valence electrons. The van der Waals surface area contributed by atoms with Crippen LogP contribution in [0.4, 0.5) is 5.95 Å². The Kier molecular flexibility index (Phi) is 4.97. The minimum atomic E-state index is -0.548. The third-order valence-electron chi connectivity index (χ3n) is 4.97. The molecule has 3 aromatic rings. The predicted octanol–water partition coefficient (Wildman–Crippen LogP) is 4.02. The maximum atomic E-state index is 13.5. The quantitative estimate of drug-likeness (QED) is 0.690. The first kappa shape index (κ1) is 18.5. The van der Waals surface area contributed by atoms with Gasteiger partial charge in [-0.3, -0.25) is 4.79 Å². The summed E-state index contributed by atoms with van der Waals surface area (Å²) in [5.74, 6) is 1.02. The number of thiophene rings is 1. The molecule has 0 amide bonds. The Morgan fingerprint density at radius 1 is 1.41 bits per heavy atom. The van der Waals surface area contributed by atoms with Crippen molar-refractivity contribution in [3.05, 3.63) is 50.1 Å². The molecule has 0 aliphatic heterocycles. The Hall–Kier alpha value is -1.89. The fourth-order valence-electron chi connectivity index (χ4n) is 3.58. The molecule has 4 rings (SSSR count). The summed E-state index contributed by atoms with van der Waals surface area (Å²) in [6.07, 6.45) is 2.54. The first-order valence-corrected chi connectivity index (χ1v) is 10.4. The van der Waals surface area contributed by atoms with Gasteiger partial charge in [-0.2, -0.15) is 0 Å². The average Bonchev–Trinajstić information content (AvgIpc) is 2.99. The predicted molar refractivity (Wildman–Crippen MR) is 112 cm³/mol. The summed E-state index contributed by atoms with van der Waals surface area (Å²) >= 11 is 7.64. The first-order valence-electron chi connectivity index (χ1n) is 9.19. The number of benzene rings is 1. The third kappa shape index (κ3) is 3.49. The number of rotatable bonds is 4. The van der Waals surface area contributed by atoms with Crippen LogP contribution in [0.3, 0.4) is 0 Å². The summed E-state index contributed by atoms with van der Waals surface area (Å²) < 4.78 is 1.59. The van der Waals surface area contributed by atoms with Crippen LogP contribution >= 0.6 is 22.9 Å². The minimum Gasteiger partial charge on any atom is -0.392 e. The van der Waals surface area contributed by atoms with Crippen LogP contribution < -0.4 is 10.9 Å². The van der Waals surface area contributed by atoms with Gasteiger partial charge in [0.2, 0.25) is 5.95 Å². The van der Waals surface area contributed by atoms with E-state index in [1.54, 1.807) is 35.0 Å². The highest BCUT2D eigenvalue weighted by atomic mass is 35.5. The molecule has 1 aliphatic rings. The van der Waals surface area contributed by atoms with Crippen molar-refractivity contribution >= 4 is 39.1 Å². The van der Waals surface area contributed by atoms with Crippen molar-refractivity contribution in [2.45, 2.75) is 39.2 Å². The highest BCUT2D eigenvalue weighted by Crippen LogP contribution is 2.36. The monoisotopic (exact) mass is 403 g/mol. The molecule has 7 heteroatoms. The smallest absolute Gasteiger partial charge is 0.268 e. The summed E-state index contributed by atoms with van der Waals surface area (Å²) in [5.41, 5.74) is 1.80. The summed E-state index contributed by atoms with van der Waals surface area (Å²) in [7, 11) is 0. The van der Waals surface area contributed by atoms with Crippen molar-refractivity contribution in [1.29, 1.82) is 0 Å². The van der Waals surface area contributed by atoms with E-state index >= 15 is 0 Å². The second-order valence-electron chi connectivity index (χ2n) is 7.31. The molecule has 2 atom stereocenters. The Morgan fingerprint density at radius 3 is 2.85 bits per heavy atom. The maximum absolute atomic E-state index is 13.5. The van der Waals surface area contributed by atoms with Crippen molar-refractivity contribution < 1.29 is 5.11 Å². The summed E-state index contributed by atoms with van der Waals surface area (Å²) in [6.45, 7) is 4.24. The molecule has 0 saturated heterocycles. The van der Waals surface area contributed by atoms with E-state index in [0.717, 1.165) is 35.0 Å². The number of aliphatic hydroxyl groups is 1. The molecule has 0 bridgehead atoms. The number of aromatic nitrogens is 2. The Morgan fingerprint density at radius 2 is 2.15 bits per heavy atom. The van der Waals surface area contributed by atoms with Gasteiger partial charge in [-0.15, -0.1) is 11.3 Å². The van der Waals surface area contributed by atoms with Crippen molar-refractivity contribution in [3.63, 3.8) is 0 Å². The first-order chi connectivity index (χ1) is 12.9. The van der Waals surface area contributed by atoms with Crippen LogP contribution in [0, 0.1) is 5.92 Å². The van der Waals surface area contributed by atoms with Gasteiger partial charge in [0.25, 0.3) is 5.56 Å². The molecule has 0 saturated carbocycles. The van der Waals surface area contributed by atoms with Crippen LogP contribution in [-0.4, -0.2) is 27.3 Å². The van der Waals surface area contributed by atoms with Crippen molar-refractivity contribution in [2.24, 2.45) is 5.92 Å². The SMILES string of the molecule is CC(O)CNc1nc2sc3c(c2c(=O)n1-c1ccc(Cl)cc1)CC(C)CC3. The molecule has 1 aromatic carbocycles. The van der Waals surface area contributed by atoms with Crippen molar-refractivity contribution in [2.75, 3.05) is 11.9 Å². The molecule has 0 spiro atoms. The largest absolute Gasteiger partial charge is 0.392 e. The van der Waals surface area contributed by atoms with E-state index in [1.165, 1.54) is 4.88 Å². The fourth-order valence-corrected chi connectivity index (χ4v) is 4.92. The maximum Gasteiger partial charge on any atom is 0.268 e. The van der Waals surface area contributed by atoms with E-state index < -0.39 is 6.10 Å². The fraction of sp³-hybridized carbons (Fsp3) is 0.400. The van der Waals surface area contributed by atoms with E-state index in [2.05, 4.69) is 12.2 Å². The number of aliphatic hydroxyl groups excluding tert-OH is 1. The highest BCUT2D eigenvalue weighted by molar-refractivity contribution is 7.18. The van der Waals surface area contributed by atoms with E-state index in [1.807, 2.05) is 12.1 Å². The standard InChI is InChI=1S/C20H22ClN3O2S/c1-11-3-8-16-15(9-11)17-18(27-16)23-20(22-10-12(2)25)24(19(17)26)14-6-4-13(21)5-7-14/h4-7,11-12,25H,3,8-10H2,1-2H3,(H,22,23). The van der Waals surface area contributed by atoms with E-state index in [0.29, 0.717) is 29.1 Å². The number of halogens is 1. The normalized spacial score (nSPS) is 17.7. The van der Waals surface area contributed by atoms with Crippen LogP contribution in [0.15, 0.2) is 29.1 Å². The summed E-state index contributed by atoms with van der Waals surface area (Å²) in [4.78, 5) is 20.3. The van der Waals surface area contributed by atoms with Crippen molar-refractivity contribution in [1.82, 2.24) is 9.55 Å². The highest BCUT2D eigenvalue weighted by Gasteiger charge is 2.25. The average molecular weight is 404 g/mol. The van der Waals surface area contributed by atoms with Crippen LogP contribution in [0.25, 0.3) is 15.9 Å². The van der Waals surface area contributed by atoms with Gasteiger partial charge in [0.1, 0.15) is 4.83 Å². The van der Waals surface area contributed by atoms with Gasteiger partial charge < -0.3 is 10.4 Å². The van der Waals surface area contributed by atoms with Gasteiger partial charge in [0, 0.05) is 16.4 Å². The number of hydrogen-bond acceptors (Lipinski definition) is 5. The number of nitrogens with one attached hydrogen (secondary N) is 1. The van der Waals surface area contributed by atoms with Crippen molar-refractivity contribution in [3.8, 4) is 5.69 Å². The summed E-state index contributed by atoms with van der Waals surface area (Å²) in [5, 5.41) is 14.1. The number of anilines is 1. The molecule has 27 heavy (non-hydrogen) atoms. The van der Waals surface area contributed by atoms with Gasteiger partial charge in [-0.05, 0) is 61.9 Å². The third-order valence-corrected chi connectivity index (χ3v) is 6.40. The molecule has 2 aromatic heterocycles. The molecule has 0 radical (unpaired) electrons. The minimum absolute atomic E-state index is 0.0676. The molecule has 0 fully saturated rings. The van der Waals surface area contributed by atoms with Gasteiger partial charge >= 0.3 is 0 Å². The molecule has 2 heterocycles. The molecule has 2 unspecified atom stereocenters. The zero-order valence-corrected chi connectivity index (χ0v) is 16.9. The van der Waals surface area contributed by atoms with Gasteiger partial charge in [-0.25, -0.2) is 9.55 Å². The molecular weight excluding hydrogens is 382 g/mol. The number of aryl methyl sites for hydroxylation is 1. The molecule has 1 aliphatic carbocycles. The van der Waals surface area contributed by atoms with Crippen LogP contribution in [0.2, 0.25) is 5.02 Å². The second-order valence-corrected chi connectivity index (χ2v) is 8.83. The van der Waals surface area contributed by atoms with Crippen LogP contribution in [-0.2, 0) is 12.8 Å². The Balaban J connectivity index is 1.95. The van der Waals surface area contributed by atoms with Crippen LogP contribution in [0.5, 0.6) is 0 Å². The lowest BCUT2D eigenvalue weighted by molar-refractivity contribution is 0.208. The van der Waals surface area contributed by atoms with E-state index in [4.69, 9.17) is 16.6 Å². The van der Waals surface area contributed by atoms with Crippen LogP contribution in [0.1, 0.15) is 30.7 Å². The molecule has 5 nitrogen and oxygen atoms in total. The zero-order valence-electron chi connectivity index (χ0n) is 15.3. The Labute approximate surface area is 166 Å². The van der Waals surface area contributed by atoms with Gasteiger partial charge in [-0.1, -0.05) is 18.5 Å². The number of hydrogen-bond donors (Lipinski definition) is 2. The van der Waals surface area contributed by atoms with E-state index in [9.17, 15) is 9.90 Å². The lowest BCUT2D eigenvalue weighted by Crippen LogP contribution is -2.27. The number of nitrogens with zero attached hydrogens (tertiary/aromatic N) is 2. The second kappa shape index (κ2) is 7.26. The topological polar surface area (TPSA) is 67.2 Å². The van der Waals surface area contributed by atoms with E-state index in [-0.39, 0.29) is 5.56 Å². The lowest BCUT2D eigenvalue weighted by atomic mass is 9.89. The Bertz CT molecular complexity index is 1040. The number of fused-ring (bicyclic) bond motifs is 3. The lowest BCUT2D eigenvalue weighted by Gasteiger charge is -2.18. The van der Waals surface area contributed by atoms with Gasteiger partial charge in [0.15, 0.2) is 0 Å². The van der Waals surface area contributed by atoms with Gasteiger partial charge in [0.05, 0.1) is 17.2 Å². The molecule has 2 N–H and O–H groups in total.